The third kappa shape index (κ3) is 3.69. The lowest BCUT2D eigenvalue weighted by Gasteiger charge is -2.36. The van der Waals surface area contributed by atoms with Gasteiger partial charge in [0.2, 0.25) is 16.0 Å². The highest BCUT2D eigenvalue weighted by atomic mass is 32.2. The Morgan fingerprint density at radius 2 is 1.76 bits per heavy atom. The molecule has 1 saturated heterocycles. The summed E-state index contributed by atoms with van der Waals surface area (Å²) in [5, 5.41) is 2.95. The summed E-state index contributed by atoms with van der Waals surface area (Å²) >= 11 is 0. The minimum Gasteiger partial charge on any atom is -0.355 e. The van der Waals surface area contributed by atoms with E-state index in [0.717, 1.165) is 13.1 Å². The maximum atomic E-state index is 12.5. The molecular weight excluding hydrogens is 290 g/mol. The molecule has 0 aliphatic carbocycles. The van der Waals surface area contributed by atoms with E-state index in [0.29, 0.717) is 31.6 Å². The van der Waals surface area contributed by atoms with Gasteiger partial charge in [-0.15, -0.1) is 0 Å². The second-order valence-corrected chi connectivity index (χ2v) is 7.24. The Kier molecular flexibility index (Phi) is 5.13. The number of aromatic nitrogens is 2. The fourth-order valence-electron chi connectivity index (χ4n) is 2.31. The number of anilines is 1. The first-order valence-corrected chi connectivity index (χ1v) is 8.69. The number of hydrogen-bond acceptors (Lipinski definition) is 6. The first-order chi connectivity index (χ1) is 9.95. The van der Waals surface area contributed by atoms with Crippen LogP contribution in [0.25, 0.3) is 0 Å². The first kappa shape index (κ1) is 16.1. The van der Waals surface area contributed by atoms with E-state index in [2.05, 4.69) is 34.0 Å². The smallest absolute Gasteiger partial charge is 0.246 e. The molecule has 0 spiro atoms. The molecule has 8 heteroatoms. The van der Waals surface area contributed by atoms with E-state index in [1.807, 2.05) is 6.92 Å². The fourth-order valence-corrected chi connectivity index (χ4v) is 3.62. The molecule has 1 aliphatic heterocycles. The third-order valence-electron chi connectivity index (χ3n) is 3.60. The van der Waals surface area contributed by atoms with Crippen LogP contribution in [0.5, 0.6) is 0 Å². The predicted octanol–water partition coefficient (Wildman–Crippen LogP) is 0.623. The number of nitrogens with one attached hydrogen (secondary N) is 1. The lowest BCUT2D eigenvalue weighted by atomic mass is 10.3. The molecule has 2 rings (SSSR count). The summed E-state index contributed by atoms with van der Waals surface area (Å²) in [5.74, 6) is 0.445. The van der Waals surface area contributed by atoms with E-state index in [-0.39, 0.29) is 4.90 Å². The molecule has 0 unspecified atom stereocenters. The van der Waals surface area contributed by atoms with Crippen LogP contribution in [0.2, 0.25) is 0 Å². The third-order valence-corrected chi connectivity index (χ3v) is 5.46. The molecule has 0 atom stereocenters. The maximum Gasteiger partial charge on any atom is 0.246 e. The minimum atomic E-state index is -3.49. The van der Waals surface area contributed by atoms with Crippen molar-refractivity contribution in [3.63, 3.8) is 0 Å². The van der Waals surface area contributed by atoms with E-state index >= 15 is 0 Å². The van der Waals surface area contributed by atoms with Crippen molar-refractivity contribution in [3.8, 4) is 0 Å². The van der Waals surface area contributed by atoms with Crippen molar-refractivity contribution in [1.29, 1.82) is 0 Å². The summed E-state index contributed by atoms with van der Waals surface area (Å²) < 4.78 is 26.6. The molecule has 1 fully saturated rings. The van der Waals surface area contributed by atoms with E-state index in [1.54, 1.807) is 0 Å². The molecule has 118 valence electrons. The Hall–Kier alpha value is -1.25. The van der Waals surface area contributed by atoms with Crippen LogP contribution in [-0.2, 0) is 10.0 Å². The molecule has 0 aromatic carbocycles. The number of hydrogen-bond donors (Lipinski definition) is 1. The zero-order valence-electron chi connectivity index (χ0n) is 12.8. The lowest BCUT2D eigenvalue weighted by Crippen LogP contribution is -2.50. The van der Waals surface area contributed by atoms with Gasteiger partial charge < -0.3 is 5.32 Å². The van der Waals surface area contributed by atoms with Crippen molar-refractivity contribution in [3.05, 3.63) is 12.4 Å². The van der Waals surface area contributed by atoms with Gasteiger partial charge in [0.05, 0.1) is 12.4 Å². The van der Waals surface area contributed by atoms with Gasteiger partial charge in [-0.3, -0.25) is 4.90 Å². The molecule has 1 aromatic rings. The quantitative estimate of drug-likeness (QED) is 0.859. The highest BCUT2D eigenvalue weighted by molar-refractivity contribution is 7.89. The molecule has 21 heavy (non-hydrogen) atoms. The van der Waals surface area contributed by atoms with Gasteiger partial charge in [0.25, 0.3) is 0 Å². The lowest BCUT2D eigenvalue weighted by molar-refractivity contribution is 0.154. The zero-order chi connectivity index (χ0) is 15.5. The average Bonchev–Trinajstić information content (AvgIpc) is 2.48. The van der Waals surface area contributed by atoms with Gasteiger partial charge in [-0.25, -0.2) is 18.4 Å². The van der Waals surface area contributed by atoms with Crippen molar-refractivity contribution < 1.29 is 8.42 Å². The molecule has 1 aliphatic rings. The highest BCUT2D eigenvalue weighted by Gasteiger charge is 2.29. The van der Waals surface area contributed by atoms with Crippen LogP contribution < -0.4 is 5.32 Å². The van der Waals surface area contributed by atoms with E-state index < -0.39 is 10.0 Å². The molecule has 1 N–H and O–H groups in total. The largest absolute Gasteiger partial charge is 0.355 e. The van der Waals surface area contributed by atoms with Crippen molar-refractivity contribution in [1.82, 2.24) is 19.2 Å². The SMILES string of the molecule is CCNc1ncc(S(=O)(=O)N2CCN(C(C)C)CC2)cn1. The Labute approximate surface area is 126 Å². The number of piperazine rings is 1. The number of rotatable bonds is 5. The summed E-state index contributed by atoms with van der Waals surface area (Å²) in [5.41, 5.74) is 0. The zero-order valence-corrected chi connectivity index (χ0v) is 13.6. The van der Waals surface area contributed by atoms with E-state index in [1.165, 1.54) is 16.7 Å². The Morgan fingerprint density at radius 1 is 1.19 bits per heavy atom. The first-order valence-electron chi connectivity index (χ1n) is 7.25. The van der Waals surface area contributed by atoms with Crippen molar-refractivity contribution in [2.45, 2.75) is 31.7 Å². The molecule has 0 amide bonds. The van der Waals surface area contributed by atoms with Gasteiger partial charge in [-0.05, 0) is 20.8 Å². The van der Waals surface area contributed by atoms with Crippen LogP contribution in [0.15, 0.2) is 17.3 Å². The Morgan fingerprint density at radius 3 is 2.24 bits per heavy atom. The van der Waals surface area contributed by atoms with Gasteiger partial charge in [0, 0.05) is 38.8 Å². The highest BCUT2D eigenvalue weighted by Crippen LogP contribution is 2.17. The number of nitrogens with zero attached hydrogens (tertiary/aromatic N) is 4. The Bertz CT molecular complexity index is 550. The molecule has 2 heterocycles. The van der Waals surface area contributed by atoms with Gasteiger partial charge in [0.15, 0.2) is 0 Å². The Balaban J connectivity index is 2.08. The van der Waals surface area contributed by atoms with Gasteiger partial charge in [0.1, 0.15) is 4.90 Å². The molecule has 0 bridgehead atoms. The molecule has 0 radical (unpaired) electrons. The van der Waals surface area contributed by atoms with Crippen LogP contribution in [0.4, 0.5) is 5.95 Å². The second-order valence-electron chi connectivity index (χ2n) is 5.31. The molecular formula is C13H23N5O2S. The maximum absolute atomic E-state index is 12.5. The minimum absolute atomic E-state index is 0.155. The van der Waals surface area contributed by atoms with Crippen molar-refractivity contribution in [2.75, 3.05) is 38.0 Å². The van der Waals surface area contributed by atoms with Crippen LogP contribution in [0.3, 0.4) is 0 Å². The predicted molar refractivity (Wildman–Crippen MR) is 81.7 cm³/mol. The van der Waals surface area contributed by atoms with Crippen LogP contribution in [-0.4, -0.2) is 66.4 Å². The summed E-state index contributed by atoms with van der Waals surface area (Å²) in [7, 11) is -3.49. The monoisotopic (exact) mass is 313 g/mol. The standard InChI is InChI=1S/C13H23N5O2S/c1-4-14-13-15-9-12(10-16-13)21(19,20)18-7-5-17(6-8-18)11(2)3/h9-11H,4-8H2,1-3H3,(H,14,15,16). The van der Waals surface area contributed by atoms with Crippen molar-refractivity contribution >= 4 is 16.0 Å². The summed E-state index contributed by atoms with van der Waals surface area (Å²) in [6.45, 7) is 9.41. The summed E-state index contributed by atoms with van der Waals surface area (Å²) in [4.78, 5) is 10.5. The van der Waals surface area contributed by atoms with Gasteiger partial charge >= 0.3 is 0 Å². The second kappa shape index (κ2) is 6.67. The van der Waals surface area contributed by atoms with Crippen LogP contribution >= 0.6 is 0 Å². The molecule has 7 nitrogen and oxygen atoms in total. The van der Waals surface area contributed by atoms with E-state index in [4.69, 9.17) is 0 Å². The molecule has 1 aromatic heterocycles. The van der Waals surface area contributed by atoms with Gasteiger partial charge in [-0.2, -0.15) is 4.31 Å². The van der Waals surface area contributed by atoms with E-state index in [9.17, 15) is 8.42 Å². The summed E-state index contributed by atoms with van der Waals surface area (Å²) in [6.07, 6.45) is 2.74. The fraction of sp³-hybridized carbons (Fsp3) is 0.692. The molecule has 0 saturated carbocycles. The average molecular weight is 313 g/mol. The van der Waals surface area contributed by atoms with Crippen LogP contribution in [0, 0.1) is 0 Å². The normalized spacial score (nSPS) is 18.1. The summed E-state index contributed by atoms with van der Waals surface area (Å²) in [6, 6.07) is 0.442. The van der Waals surface area contributed by atoms with Crippen molar-refractivity contribution in [2.24, 2.45) is 0 Å². The van der Waals surface area contributed by atoms with Crippen LogP contribution in [0.1, 0.15) is 20.8 Å². The number of sulfonamides is 1. The topological polar surface area (TPSA) is 78.4 Å². The van der Waals surface area contributed by atoms with Gasteiger partial charge in [-0.1, -0.05) is 0 Å².